The summed E-state index contributed by atoms with van der Waals surface area (Å²) in [6.45, 7) is 2.32. The molecule has 0 amide bonds. The molecule has 1 aliphatic carbocycles. The van der Waals surface area contributed by atoms with Gasteiger partial charge in [0.15, 0.2) is 0 Å². The molecule has 1 fully saturated rings. The normalized spacial score (nSPS) is 31.2. The van der Waals surface area contributed by atoms with Gasteiger partial charge in [0, 0.05) is 12.6 Å². The molecule has 0 heterocycles. The number of hydrogen-bond acceptors (Lipinski definition) is 2. The minimum absolute atomic E-state index is 0.141. The zero-order valence-electron chi connectivity index (χ0n) is 8.48. The van der Waals surface area contributed by atoms with Crippen molar-refractivity contribution in [3.63, 3.8) is 0 Å². The van der Waals surface area contributed by atoms with Gasteiger partial charge in [-0.25, -0.2) is 0 Å². The smallest absolute Gasteiger partial charge is 0.0474 e. The summed E-state index contributed by atoms with van der Waals surface area (Å²) in [5.41, 5.74) is 8.60. The quantitative estimate of drug-likeness (QED) is 0.742. The second-order valence-electron chi connectivity index (χ2n) is 4.28. The molecule has 14 heavy (non-hydrogen) atoms. The summed E-state index contributed by atoms with van der Waals surface area (Å²) in [5.74, 6) is 0.757. The van der Waals surface area contributed by atoms with E-state index in [0.29, 0.717) is 11.8 Å². The van der Waals surface area contributed by atoms with Crippen LogP contribution in [0.1, 0.15) is 23.5 Å². The van der Waals surface area contributed by atoms with E-state index in [9.17, 15) is 0 Å². The lowest BCUT2D eigenvalue weighted by molar-refractivity contribution is 0.114. The maximum atomic E-state index is 9.00. The molecule has 0 radical (unpaired) electrons. The van der Waals surface area contributed by atoms with Crippen LogP contribution in [0.4, 0.5) is 0 Å². The van der Waals surface area contributed by atoms with Gasteiger partial charge >= 0.3 is 0 Å². The van der Waals surface area contributed by atoms with E-state index in [2.05, 4.69) is 31.2 Å². The van der Waals surface area contributed by atoms with Crippen LogP contribution in [0.5, 0.6) is 0 Å². The zero-order chi connectivity index (χ0) is 10.1. The van der Waals surface area contributed by atoms with Gasteiger partial charge in [-0.2, -0.15) is 0 Å². The monoisotopic (exact) mass is 191 g/mol. The van der Waals surface area contributed by atoms with Crippen molar-refractivity contribution in [2.45, 2.75) is 25.3 Å². The van der Waals surface area contributed by atoms with Crippen LogP contribution in [0.25, 0.3) is 0 Å². The van der Waals surface area contributed by atoms with Crippen molar-refractivity contribution in [2.75, 3.05) is 6.61 Å². The molecule has 2 nitrogen and oxygen atoms in total. The number of rotatable bonds is 2. The maximum absolute atomic E-state index is 9.00. The van der Waals surface area contributed by atoms with Gasteiger partial charge in [-0.05, 0) is 30.7 Å². The Morgan fingerprint density at radius 1 is 1.50 bits per heavy atom. The van der Waals surface area contributed by atoms with Crippen LogP contribution < -0.4 is 5.73 Å². The maximum Gasteiger partial charge on any atom is 0.0474 e. The molecule has 0 spiro atoms. The van der Waals surface area contributed by atoms with E-state index in [1.807, 2.05) is 0 Å². The number of hydrogen-bond donors (Lipinski definition) is 2. The van der Waals surface area contributed by atoms with E-state index in [1.165, 1.54) is 11.1 Å². The lowest BCUT2D eigenvalue weighted by atomic mass is 9.67. The van der Waals surface area contributed by atoms with Crippen LogP contribution >= 0.6 is 0 Å². The molecule has 1 saturated carbocycles. The molecule has 2 heteroatoms. The lowest BCUT2D eigenvalue weighted by Crippen LogP contribution is -2.48. The van der Waals surface area contributed by atoms with E-state index < -0.39 is 0 Å². The molecule has 1 aromatic carbocycles. The molecule has 0 saturated heterocycles. The van der Waals surface area contributed by atoms with Gasteiger partial charge in [0.2, 0.25) is 0 Å². The summed E-state index contributed by atoms with van der Waals surface area (Å²) < 4.78 is 0. The Bertz CT molecular complexity index is 324. The molecule has 3 N–H and O–H groups in total. The van der Waals surface area contributed by atoms with E-state index in [-0.39, 0.29) is 12.6 Å². The number of aryl methyl sites for hydroxylation is 1. The van der Waals surface area contributed by atoms with Gasteiger partial charge in [0.25, 0.3) is 0 Å². The highest BCUT2D eigenvalue weighted by Crippen LogP contribution is 2.40. The first kappa shape index (κ1) is 9.69. The molecule has 76 valence electrons. The highest BCUT2D eigenvalue weighted by Gasteiger charge is 2.38. The van der Waals surface area contributed by atoms with E-state index >= 15 is 0 Å². The SMILES string of the molecule is Cc1cccc(C2CC(CO)[C@H]2N)c1. The molecule has 0 aliphatic heterocycles. The van der Waals surface area contributed by atoms with Crippen LogP contribution in [-0.2, 0) is 0 Å². The largest absolute Gasteiger partial charge is 0.396 e. The Balaban J connectivity index is 2.11. The van der Waals surface area contributed by atoms with Gasteiger partial charge in [0.05, 0.1) is 0 Å². The average Bonchev–Trinajstić information content (AvgIpc) is 2.16. The van der Waals surface area contributed by atoms with Crippen molar-refractivity contribution < 1.29 is 5.11 Å². The summed E-state index contributed by atoms with van der Waals surface area (Å²) in [6.07, 6.45) is 1.03. The predicted molar refractivity (Wildman–Crippen MR) is 57.1 cm³/mol. The fraction of sp³-hybridized carbons (Fsp3) is 0.500. The van der Waals surface area contributed by atoms with Gasteiger partial charge in [-0.15, -0.1) is 0 Å². The lowest BCUT2D eigenvalue weighted by Gasteiger charge is -2.42. The van der Waals surface area contributed by atoms with E-state index in [1.54, 1.807) is 0 Å². The zero-order valence-corrected chi connectivity index (χ0v) is 8.48. The van der Waals surface area contributed by atoms with Crippen LogP contribution in [0.15, 0.2) is 24.3 Å². The minimum Gasteiger partial charge on any atom is -0.396 e. The van der Waals surface area contributed by atoms with Crippen LogP contribution in [0.2, 0.25) is 0 Å². The Morgan fingerprint density at radius 2 is 2.29 bits per heavy atom. The molecule has 3 atom stereocenters. The highest BCUT2D eigenvalue weighted by molar-refractivity contribution is 5.29. The van der Waals surface area contributed by atoms with Crippen molar-refractivity contribution in [3.8, 4) is 0 Å². The first-order valence-electron chi connectivity index (χ1n) is 5.15. The Hall–Kier alpha value is -0.860. The summed E-state index contributed by atoms with van der Waals surface area (Å²) >= 11 is 0. The summed E-state index contributed by atoms with van der Waals surface area (Å²) in [5, 5.41) is 9.00. The van der Waals surface area contributed by atoms with Crippen LogP contribution in [-0.4, -0.2) is 17.8 Å². The van der Waals surface area contributed by atoms with Crippen LogP contribution in [0.3, 0.4) is 0 Å². The molecule has 1 aliphatic rings. The molecular formula is C12H17NO. The second kappa shape index (κ2) is 3.71. The molecule has 2 rings (SSSR count). The van der Waals surface area contributed by atoms with Crippen molar-refractivity contribution in [3.05, 3.63) is 35.4 Å². The Morgan fingerprint density at radius 3 is 2.86 bits per heavy atom. The van der Waals surface area contributed by atoms with Crippen molar-refractivity contribution in [1.29, 1.82) is 0 Å². The Kier molecular flexibility index (Phi) is 2.57. The number of benzene rings is 1. The first-order chi connectivity index (χ1) is 6.72. The Labute approximate surface area is 84.7 Å². The number of aliphatic hydroxyl groups excluding tert-OH is 1. The second-order valence-corrected chi connectivity index (χ2v) is 4.28. The predicted octanol–water partition coefficient (Wildman–Crippen LogP) is 1.42. The van der Waals surface area contributed by atoms with Crippen molar-refractivity contribution >= 4 is 0 Å². The van der Waals surface area contributed by atoms with E-state index in [4.69, 9.17) is 10.8 Å². The third kappa shape index (κ3) is 1.56. The third-order valence-electron chi connectivity index (χ3n) is 3.27. The van der Waals surface area contributed by atoms with Crippen molar-refractivity contribution in [1.82, 2.24) is 0 Å². The topological polar surface area (TPSA) is 46.2 Å². The minimum atomic E-state index is 0.141. The van der Waals surface area contributed by atoms with Crippen LogP contribution in [0, 0.1) is 12.8 Å². The fourth-order valence-electron chi connectivity index (χ4n) is 2.23. The first-order valence-corrected chi connectivity index (χ1v) is 5.15. The molecular weight excluding hydrogens is 174 g/mol. The molecule has 2 unspecified atom stereocenters. The fourth-order valence-corrected chi connectivity index (χ4v) is 2.23. The van der Waals surface area contributed by atoms with Gasteiger partial charge < -0.3 is 10.8 Å². The summed E-state index contributed by atoms with van der Waals surface area (Å²) in [4.78, 5) is 0. The third-order valence-corrected chi connectivity index (χ3v) is 3.27. The summed E-state index contributed by atoms with van der Waals surface area (Å²) in [7, 11) is 0. The van der Waals surface area contributed by atoms with Gasteiger partial charge in [-0.3, -0.25) is 0 Å². The number of nitrogens with two attached hydrogens (primary N) is 1. The standard InChI is InChI=1S/C12H17NO/c1-8-3-2-4-9(5-8)11-6-10(7-14)12(11)13/h2-5,10-12,14H,6-7,13H2,1H3/t10?,11?,12-/m1/s1. The molecule has 0 aromatic heterocycles. The van der Waals surface area contributed by atoms with Gasteiger partial charge in [0.1, 0.15) is 0 Å². The molecule has 1 aromatic rings. The average molecular weight is 191 g/mol. The summed E-state index contributed by atoms with van der Waals surface area (Å²) in [6, 6.07) is 8.63. The van der Waals surface area contributed by atoms with E-state index in [0.717, 1.165) is 6.42 Å². The van der Waals surface area contributed by atoms with Gasteiger partial charge in [-0.1, -0.05) is 29.8 Å². The van der Waals surface area contributed by atoms with Crippen molar-refractivity contribution in [2.24, 2.45) is 11.7 Å². The molecule has 0 bridgehead atoms. The highest BCUT2D eigenvalue weighted by atomic mass is 16.3. The number of aliphatic hydroxyl groups is 1.